The van der Waals surface area contributed by atoms with Gasteiger partial charge in [-0.15, -0.1) is 11.8 Å². The second-order valence-corrected chi connectivity index (χ2v) is 8.66. The number of amides is 1. The zero-order valence-corrected chi connectivity index (χ0v) is 18.2. The van der Waals surface area contributed by atoms with Crippen molar-refractivity contribution in [1.82, 2.24) is 9.88 Å². The number of pyridine rings is 1. The van der Waals surface area contributed by atoms with Crippen LogP contribution in [0.15, 0.2) is 28.9 Å². The number of esters is 1. The van der Waals surface area contributed by atoms with Crippen molar-refractivity contribution in [1.29, 1.82) is 5.26 Å². The summed E-state index contributed by atoms with van der Waals surface area (Å²) in [5.74, 6) is -0.766. The molecule has 0 aliphatic carbocycles. The first-order valence-corrected chi connectivity index (χ1v) is 10.4. The second kappa shape index (κ2) is 9.76. The first-order valence-electron chi connectivity index (χ1n) is 9.43. The molecule has 1 aliphatic rings. The van der Waals surface area contributed by atoms with Crippen LogP contribution in [0.5, 0.6) is 0 Å². The van der Waals surface area contributed by atoms with Crippen LogP contribution in [0.1, 0.15) is 45.4 Å². The van der Waals surface area contributed by atoms with E-state index in [1.165, 1.54) is 30.1 Å². The fraction of sp³-hybridized carbons (Fsp3) is 0.429. The van der Waals surface area contributed by atoms with Gasteiger partial charge in [0.15, 0.2) is 0 Å². The third-order valence-electron chi connectivity index (χ3n) is 4.26. The van der Waals surface area contributed by atoms with Crippen molar-refractivity contribution >= 4 is 29.4 Å². The molecule has 9 heteroatoms. The summed E-state index contributed by atoms with van der Waals surface area (Å²) < 4.78 is 19.8. The summed E-state index contributed by atoms with van der Waals surface area (Å²) in [5.41, 5.74) is -0.381. The maximum atomic E-state index is 14.8. The summed E-state index contributed by atoms with van der Waals surface area (Å²) in [7, 11) is 0. The van der Waals surface area contributed by atoms with Gasteiger partial charge in [0.25, 0.3) is 0 Å². The lowest BCUT2D eigenvalue weighted by atomic mass is 9.90. The molecule has 7 nitrogen and oxygen atoms in total. The zero-order chi connectivity index (χ0) is 22.5. The van der Waals surface area contributed by atoms with Crippen LogP contribution in [-0.2, 0) is 14.9 Å². The van der Waals surface area contributed by atoms with Crippen LogP contribution in [-0.4, -0.2) is 46.0 Å². The number of ether oxygens (including phenoxy) is 1. The highest BCUT2D eigenvalue weighted by atomic mass is 32.2. The molecule has 0 bridgehead atoms. The van der Waals surface area contributed by atoms with Gasteiger partial charge in [-0.2, -0.15) is 5.26 Å². The predicted molar refractivity (Wildman–Crippen MR) is 112 cm³/mol. The summed E-state index contributed by atoms with van der Waals surface area (Å²) in [5, 5.41) is 19.5. The third kappa shape index (κ3) is 5.39. The standard InChI is InChI=1S/C21H24FN3O4S/c1-5-29-19(26)15(11-23)14(10-17-25(20(27)28)7-6-8-30-17)13-9-16(22)18(24-12-13)21(2,3)4/h9-10,12H,5-8H2,1-4H3,(H,27,28)/b15-14-,17-10-. The number of carbonyl (C=O) groups excluding carboxylic acids is 1. The van der Waals surface area contributed by atoms with E-state index in [0.717, 1.165) is 4.90 Å². The van der Waals surface area contributed by atoms with E-state index in [-0.39, 0.29) is 35.6 Å². The second-order valence-electron chi connectivity index (χ2n) is 7.54. The largest absolute Gasteiger partial charge is 0.465 e. The number of carbonyl (C=O) groups is 2. The Balaban J connectivity index is 2.71. The Bertz CT molecular complexity index is 945. The Kier molecular flexibility index (Phi) is 7.62. The lowest BCUT2D eigenvalue weighted by Gasteiger charge is -2.27. The lowest BCUT2D eigenvalue weighted by molar-refractivity contribution is -0.137. The van der Waals surface area contributed by atoms with Gasteiger partial charge in [0.05, 0.1) is 17.3 Å². The van der Waals surface area contributed by atoms with Crippen LogP contribution in [0.25, 0.3) is 5.57 Å². The van der Waals surface area contributed by atoms with E-state index < -0.39 is 23.3 Å². The Hall–Kier alpha value is -2.86. The topological polar surface area (TPSA) is 104 Å². The molecule has 1 aromatic rings. The summed E-state index contributed by atoms with van der Waals surface area (Å²) in [6.07, 6.45) is 2.33. The molecule has 1 aliphatic heterocycles. The summed E-state index contributed by atoms with van der Waals surface area (Å²) in [6, 6.07) is 3.02. The molecule has 0 atom stereocenters. The molecule has 1 amide bonds. The number of rotatable bonds is 4. The molecule has 2 rings (SSSR count). The van der Waals surface area contributed by atoms with E-state index in [9.17, 15) is 24.3 Å². The van der Waals surface area contributed by atoms with Crippen molar-refractivity contribution in [2.75, 3.05) is 18.9 Å². The van der Waals surface area contributed by atoms with Gasteiger partial charge >= 0.3 is 12.1 Å². The number of nitrogens with zero attached hydrogens (tertiary/aromatic N) is 3. The molecule has 0 unspecified atom stereocenters. The third-order valence-corrected chi connectivity index (χ3v) is 5.39. The minimum atomic E-state index is -1.14. The van der Waals surface area contributed by atoms with Crippen molar-refractivity contribution in [3.8, 4) is 6.07 Å². The lowest BCUT2D eigenvalue weighted by Crippen LogP contribution is -2.32. The van der Waals surface area contributed by atoms with Crippen LogP contribution in [0.3, 0.4) is 0 Å². The molecule has 1 fully saturated rings. The van der Waals surface area contributed by atoms with Crippen molar-refractivity contribution in [2.24, 2.45) is 0 Å². The van der Waals surface area contributed by atoms with Gasteiger partial charge < -0.3 is 9.84 Å². The van der Waals surface area contributed by atoms with Crippen LogP contribution in [0.2, 0.25) is 0 Å². The fourth-order valence-electron chi connectivity index (χ4n) is 2.88. The highest BCUT2D eigenvalue weighted by Crippen LogP contribution is 2.33. The number of nitriles is 1. The molecule has 30 heavy (non-hydrogen) atoms. The fourth-order valence-corrected chi connectivity index (χ4v) is 3.89. The molecule has 1 saturated heterocycles. The molecule has 0 radical (unpaired) electrons. The molecule has 0 spiro atoms. The Morgan fingerprint density at radius 1 is 1.47 bits per heavy atom. The number of aromatic nitrogens is 1. The molecular formula is C21H24FN3O4S. The van der Waals surface area contributed by atoms with Crippen molar-refractivity contribution in [2.45, 2.75) is 39.5 Å². The van der Waals surface area contributed by atoms with Crippen molar-refractivity contribution < 1.29 is 23.8 Å². The van der Waals surface area contributed by atoms with Gasteiger partial charge in [0.1, 0.15) is 17.5 Å². The monoisotopic (exact) mass is 433 g/mol. The van der Waals surface area contributed by atoms with Gasteiger partial charge in [-0.25, -0.2) is 14.0 Å². The van der Waals surface area contributed by atoms with E-state index in [0.29, 0.717) is 17.2 Å². The van der Waals surface area contributed by atoms with Gasteiger partial charge in [0, 0.05) is 35.0 Å². The van der Waals surface area contributed by atoms with Crippen molar-refractivity contribution in [3.05, 3.63) is 46.0 Å². The van der Waals surface area contributed by atoms with E-state index in [1.807, 2.05) is 26.8 Å². The number of halogens is 1. The quantitative estimate of drug-likeness (QED) is 0.428. The number of thioether (sulfide) groups is 1. The van der Waals surface area contributed by atoms with E-state index in [2.05, 4.69) is 4.98 Å². The summed E-state index contributed by atoms with van der Waals surface area (Å²) in [4.78, 5) is 29.3. The minimum absolute atomic E-state index is 0.0550. The predicted octanol–water partition coefficient (Wildman–Crippen LogP) is 4.32. The maximum absolute atomic E-state index is 14.8. The Morgan fingerprint density at radius 3 is 2.70 bits per heavy atom. The molecule has 0 saturated carbocycles. The van der Waals surface area contributed by atoms with Crippen LogP contribution < -0.4 is 0 Å². The van der Waals surface area contributed by atoms with Crippen LogP contribution >= 0.6 is 11.8 Å². The Labute approximate surface area is 179 Å². The molecule has 0 aromatic carbocycles. The molecule has 1 N–H and O–H groups in total. The van der Waals surface area contributed by atoms with Crippen molar-refractivity contribution in [3.63, 3.8) is 0 Å². The maximum Gasteiger partial charge on any atom is 0.412 e. The normalized spacial score (nSPS) is 16.7. The number of hydrogen-bond acceptors (Lipinski definition) is 6. The Morgan fingerprint density at radius 2 is 2.17 bits per heavy atom. The summed E-state index contributed by atoms with van der Waals surface area (Å²) in [6.45, 7) is 7.41. The van der Waals surface area contributed by atoms with Gasteiger partial charge in [-0.1, -0.05) is 20.8 Å². The number of allylic oxidation sites excluding steroid dienone is 2. The average Bonchev–Trinajstić information content (AvgIpc) is 2.67. The number of hydrogen-bond donors (Lipinski definition) is 1. The van der Waals surface area contributed by atoms with Crippen LogP contribution in [0, 0.1) is 17.1 Å². The molecule has 2 heterocycles. The number of carboxylic acid groups (broad SMARTS) is 1. The summed E-state index contributed by atoms with van der Waals surface area (Å²) >= 11 is 1.28. The molecular weight excluding hydrogens is 409 g/mol. The smallest absolute Gasteiger partial charge is 0.412 e. The first-order chi connectivity index (χ1) is 14.1. The van der Waals surface area contributed by atoms with Gasteiger partial charge in [-0.3, -0.25) is 9.88 Å². The van der Waals surface area contributed by atoms with E-state index in [4.69, 9.17) is 4.74 Å². The molecule has 1 aromatic heterocycles. The average molecular weight is 434 g/mol. The molecule has 160 valence electrons. The minimum Gasteiger partial charge on any atom is -0.465 e. The van der Waals surface area contributed by atoms with Gasteiger partial charge in [0.2, 0.25) is 0 Å². The van der Waals surface area contributed by atoms with E-state index >= 15 is 0 Å². The van der Waals surface area contributed by atoms with Crippen LogP contribution in [0.4, 0.5) is 9.18 Å². The van der Waals surface area contributed by atoms with E-state index in [1.54, 1.807) is 6.92 Å². The van der Waals surface area contributed by atoms with Gasteiger partial charge in [-0.05, 0) is 25.5 Å². The highest BCUT2D eigenvalue weighted by Gasteiger charge is 2.26. The highest BCUT2D eigenvalue weighted by molar-refractivity contribution is 8.03. The first kappa shape index (κ1) is 23.4. The zero-order valence-electron chi connectivity index (χ0n) is 17.4. The SMILES string of the molecule is CCOC(=O)/C(C#N)=C(/C=C1\SCCCN1C(=O)O)c1cnc(C(C)(C)C)c(F)c1.